The van der Waals surface area contributed by atoms with Crippen LogP contribution in [0, 0.1) is 11.3 Å². The lowest BCUT2D eigenvalue weighted by Gasteiger charge is -2.21. The quantitative estimate of drug-likeness (QED) is 0.775. The van der Waals surface area contributed by atoms with Crippen molar-refractivity contribution in [1.82, 2.24) is 10.9 Å². The number of benzene rings is 1. The summed E-state index contributed by atoms with van der Waals surface area (Å²) in [5.74, 6) is 0.405. The van der Waals surface area contributed by atoms with Crippen LogP contribution in [-0.2, 0) is 0 Å². The van der Waals surface area contributed by atoms with E-state index in [-0.39, 0.29) is 5.91 Å². The number of nitrogens with one attached hydrogen (secondary N) is 2. The number of hydrogen-bond acceptors (Lipinski definition) is 4. The Bertz CT molecular complexity index is 450. The summed E-state index contributed by atoms with van der Waals surface area (Å²) in [4.78, 5) is 11.8. The van der Waals surface area contributed by atoms with Crippen LogP contribution in [0.4, 0.5) is 0 Å². The minimum atomic E-state index is -0.762. The highest BCUT2D eigenvalue weighted by Gasteiger charge is 2.21. The number of carbonyl (C=O) groups is 1. The number of rotatable bonds is 5. The Labute approximate surface area is 107 Å². The number of nitrogens with zero attached hydrogens (tertiary/aromatic N) is 1. The first-order valence-corrected chi connectivity index (χ1v) is 5.67. The molecule has 0 saturated carbocycles. The Balaban J connectivity index is 2.63. The molecule has 1 rings (SSSR count). The van der Waals surface area contributed by atoms with E-state index >= 15 is 0 Å². The summed E-state index contributed by atoms with van der Waals surface area (Å²) in [6.45, 7) is 3.59. The molecule has 0 heterocycles. The van der Waals surface area contributed by atoms with Crippen LogP contribution in [0.3, 0.4) is 0 Å². The molecule has 1 aromatic rings. The SMILES string of the molecule is CCC(C)(C#N)NNC(=O)c1ccc(OC)cc1. The largest absolute Gasteiger partial charge is 0.497 e. The molecule has 2 N–H and O–H groups in total. The van der Waals surface area contributed by atoms with E-state index in [2.05, 4.69) is 16.9 Å². The second kappa shape index (κ2) is 6.03. The fourth-order valence-corrected chi connectivity index (χ4v) is 1.20. The van der Waals surface area contributed by atoms with Gasteiger partial charge in [0, 0.05) is 5.56 Å². The molecular formula is C13H17N3O2. The summed E-state index contributed by atoms with van der Waals surface area (Å²) >= 11 is 0. The summed E-state index contributed by atoms with van der Waals surface area (Å²) in [5, 5.41) is 8.96. The topological polar surface area (TPSA) is 74.2 Å². The Morgan fingerprint density at radius 3 is 2.50 bits per heavy atom. The number of ether oxygens (including phenoxy) is 1. The number of hydrogen-bond donors (Lipinski definition) is 2. The highest BCUT2D eigenvalue weighted by Crippen LogP contribution is 2.11. The van der Waals surface area contributed by atoms with Crippen LogP contribution < -0.4 is 15.6 Å². The first kappa shape index (κ1) is 14.0. The smallest absolute Gasteiger partial charge is 0.265 e. The Hall–Kier alpha value is -2.06. The van der Waals surface area contributed by atoms with Crippen LogP contribution in [0.15, 0.2) is 24.3 Å². The van der Waals surface area contributed by atoms with E-state index in [4.69, 9.17) is 10.00 Å². The van der Waals surface area contributed by atoms with E-state index < -0.39 is 5.54 Å². The molecule has 5 heteroatoms. The Kier molecular flexibility index (Phi) is 4.69. The highest BCUT2D eigenvalue weighted by molar-refractivity contribution is 5.93. The molecule has 96 valence electrons. The van der Waals surface area contributed by atoms with Gasteiger partial charge in [0.05, 0.1) is 13.2 Å². The average Bonchev–Trinajstić information content (AvgIpc) is 2.44. The first-order valence-electron chi connectivity index (χ1n) is 5.67. The molecule has 0 bridgehead atoms. The molecule has 0 radical (unpaired) electrons. The van der Waals surface area contributed by atoms with Crippen molar-refractivity contribution in [3.63, 3.8) is 0 Å². The van der Waals surface area contributed by atoms with Gasteiger partial charge in [-0.1, -0.05) is 6.92 Å². The van der Waals surface area contributed by atoms with Gasteiger partial charge in [-0.15, -0.1) is 0 Å². The summed E-state index contributed by atoms with van der Waals surface area (Å²) in [7, 11) is 1.57. The van der Waals surface area contributed by atoms with Gasteiger partial charge < -0.3 is 4.74 Å². The van der Waals surface area contributed by atoms with Gasteiger partial charge in [-0.3, -0.25) is 10.2 Å². The molecule has 0 saturated heterocycles. The molecule has 0 spiro atoms. The second-order valence-electron chi connectivity index (χ2n) is 4.11. The van der Waals surface area contributed by atoms with E-state index in [0.717, 1.165) is 0 Å². The van der Waals surface area contributed by atoms with Gasteiger partial charge in [0.25, 0.3) is 5.91 Å². The Morgan fingerprint density at radius 1 is 1.44 bits per heavy atom. The summed E-state index contributed by atoms with van der Waals surface area (Å²) in [6, 6.07) is 8.84. The summed E-state index contributed by atoms with van der Waals surface area (Å²) < 4.78 is 5.01. The van der Waals surface area contributed by atoms with Crippen molar-refractivity contribution in [2.45, 2.75) is 25.8 Å². The molecule has 0 aliphatic carbocycles. The van der Waals surface area contributed by atoms with Gasteiger partial charge in [0.15, 0.2) is 0 Å². The van der Waals surface area contributed by atoms with Crippen LogP contribution in [0.1, 0.15) is 30.6 Å². The van der Waals surface area contributed by atoms with Gasteiger partial charge in [-0.2, -0.15) is 5.26 Å². The van der Waals surface area contributed by atoms with Crippen molar-refractivity contribution in [3.05, 3.63) is 29.8 Å². The lowest BCUT2D eigenvalue weighted by Crippen LogP contribution is -2.51. The number of amides is 1. The molecule has 1 atom stereocenters. The standard InChI is InChI=1S/C13H17N3O2/c1-4-13(2,9-14)16-15-12(17)10-5-7-11(18-3)8-6-10/h5-8,16H,4H2,1-3H3,(H,15,17). The van der Waals surface area contributed by atoms with Gasteiger partial charge in [-0.25, -0.2) is 5.43 Å². The molecule has 5 nitrogen and oxygen atoms in total. The molecule has 1 aromatic carbocycles. The van der Waals surface area contributed by atoms with Gasteiger partial charge in [-0.05, 0) is 37.6 Å². The zero-order valence-corrected chi connectivity index (χ0v) is 10.8. The third-order valence-electron chi connectivity index (χ3n) is 2.76. The summed E-state index contributed by atoms with van der Waals surface area (Å²) in [5.41, 5.74) is 4.99. The third kappa shape index (κ3) is 3.47. The number of carbonyl (C=O) groups excluding carboxylic acids is 1. The van der Waals surface area contributed by atoms with Gasteiger partial charge >= 0.3 is 0 Å². The molecule has 0 aromatic heterocycles. The van der Waals surface area contributed by atoms with Crippen LogP contribution in [0.5, 0.6) is 5.75 Å². The van der Waals surface area contributed by atoms with E-state index in [9.17, 15) is 4.79 Å². The van der Waals surface area contributed by atoms with Crippen LogP contribution >= 0.6 is 0 Å². The third-order valence-corrected chi connectivity index (χ3v) is 2.76. The minimum Gasteiger partial charge on any atom is -0.497 e. The summed E-state index contributed by atoms with van der Waals surface area (Å²) in [6.07, 6.45) is 0.590. The van der Waals surface area contributed by atoms with Crippen molar-refractivity contribution in [1.29, 1.82) is 5.26 Å². The van der Waals surface area contributed by atoms with E-state index in [1.807, 2.05) is 6.92 Å². The number of nitriles is 1. The Morgan fingerprint density at radius 2 is 2.06 bits per heavy atom. The fourth-order valence-electron chi connectivity index (χ4n) is 1.20. The number of hydrazine groups is 1. The van der Waals surface area contributed by atoms with Crippen molar-refractivity contribution in [3.8, 4) is 11.8 Å². The first-order chi connectivity index (χ1) is 8.54. The van der Waals surface area contributed by atoms with Crippen molar-refractivity contribution >= 4 is 5.91 Å². The van der Waals surface area contributed by atoms with Crippen LogP contribution in [0.2, 0.25) is 0 Å². The molecule has 0 aliphatic heterocycles. The minimum absolute atomic E-state index is 0.285. The van der Waals surface area contributed by atoms with Crippen LogP contribution in [-0.4, -0.2) is 18.6 Å². The maximum absolute atomic E-state index is 11.8. The lowest BCUT2D eigenvalue weighted by molar-refractivity contribution is 0.0917. The van der Waals surface area contributed by atoms with E-state index in [0.29, 0.717) is 17.7 Å². The zero-order valence-electron chi connectivity index (χ0n) is 10.8. The van der Waals surface area contributed by atoms with Crippen molar-refractivity contribution in [2.75, 3.05) is 7.11 Å². The predicted octanol–water partition coefficient (Wildman–Crippen LogP) is 1.62. The van der Waals surface area contributed by atoms with Crippen molar-refractivity contribution in [2.24, 2.45) is 0 Å². The molecule has 0 fully saturated rings. The molecule has 1 unspecified atom stereocenters. The van der Waals surface area contributed by atoms with Crippen molar-refractivity contribution < 1.29 is 9.53 Å². The molecule has 0 aliphatic rings. The fraction of sp³-hybridized carbons (Fsp3) is 0.385. The molecule has 1 amide bonds. The molecule has 18 heavy (non-hydrogen) atoms. The number of methoxy groups -OCH3 is 1. The predicted molar refractivity (Wildman–Crippen MR) is 67.9 cm³/mol. The van der Waals surface area contributed by atoms with E-state index in [1.54, 1.807) is 38.3 Å². The molecular weight excluding hydrogens is 230 g/mol. The maximum Gasteiger partial charge on any atom is 0.265 e. The zero-order chi connectivity index (χ0) is 13.6. The van der Waals surface area contributed by atoms with Gasteiger partial charge in [0.2, 0.25) is 0 Å². The normalized spacial score (nSPS) is 13.2. The second-order valence-corrected chi connectivity index (χ2v) is 4.11. The average molecular weight is 247 g/mol. The monoisotopic (exact) mass is 247 g/mol. The van der Waals surface area contributed by atoms with Crippen LogP contribution in [0.25, 0.3) is 0 Å². The van der Waals surface area contributed by atoms with E-state index in [1.165, 1.54) is 0 Å². The maximum atomic E-state index is 11.8. The lowest BCUT2D eigenvalue weighted by atomic mass is 10.0. The highest BCUT2D eigenvalue weighted by atomic mass is 16.5. The van der Waals surface area contributed by atoms with Gasteiger partial charge in [0.1, 0.15) is 11.3 Å².